The number of hydrogen-bond donors (Lipinski definition) is 1. The van der Waals surface area contributed by atoms with Gasteiger partial charge in [-0.3, -0.25) is 9.59 Å². The molecule has 1 N–H and O–H groups in total. The van der Waals surface area contributed by atoms with Crippen LogP contribution in [-0.2, 0) is 4.79 Å². The van der Waals surface area contributed by atoms with E-state index in [-0.39, 0.29) is 23.3 Å². The molecule has 1 aliphatic rings. The standard InChI is InChI=1S/C18H24N2O4/c1-3-19(4-2)16(21)13-8-10-20(11-9-13)17(22)14-6-5-7-15(12-14)18(23)24/h5-7,12-13H,3-4,8-11H2,1-2H3,(H,23,24). The Morgan fingerprint density at radius 1 is 1.12 bits per heavy atom. The van der Waals surface area contributed by atoms with Crippen molar-refractivity contribution in [1.82, 2.24) is 9.80 Å². The van der Waals surface area contributed by atoms with Crippen molar-refractivity contribution in [2.24, 2.45) is 5.92 Å². The number of carbonyl (C=O) groups is 3. The van der Waals surface area contributed by atoms with E-state index in [1.165, 1.54) is 12.1 Å². The monoisotopic (exact) mass is 332 g/mol. The van der Waals surface area contributed by atoms with Crippen molar-refractivity contribution >= 4 is 17.8 Å². The highest BCUT2D eigenvalue weighted by Gasteiger charge is 2.29. The number of carbonyl (C=O) groups excluding carboxylic acids is 2. The molecular formula is C18H24N2O4. The Kier molecular flexibility index (Phi) is 5.95. The highest BCUT2D eigenvalue weighted by Crippen LogP contribution is 2.21. The second-order valence-corrected chi connectivity index (χ2v) is 5.96. The average Bonchev–Trinajstić information content (AvgIpc) is 2.62. The van der Waals surface area contributed by atoms with Gasteiger partial charge >= 0.3 is 5.97 Å². The summed E-state index contributed by atoms with van der Waals surface area (Å²) in [7, 11) is 0. The summed E-state index contributed by atoms with van der Waals surface area (Å²) in [6, 6.07) is 6.07. The van der Waals surface area contributed by atoms with Gasteiger partial charge < -0.3 is 14.9 Å². The maximum absolute atomic E-state index is 12.5. The molecule has 1 aliphatic heterocycles. The first kappa shape index (κ1) is 18.0. The van der Waals surface area contributed by atoms with Crippen LogP contribution in [0.2, 0.25) is 0 Å². The second-order valence-electron chi connectivity index (χ2n) is 5.96. The van der Waals surface area contributed by atoms with E-state index in [0.29, 0.717) is 44.6 Å². The lowest BCUT2D eigenvalue weighted by atomic mass is 9.94. The predicted octanol–water partition coefficient (Wildman–Crippen LogP) is 2.11. The van der Waals surface area contributed by atoms with E-state index in [0.717, 1.165) is 0 Å². The van der Waals surface area contributed by atoms with Crippen molar-refractivity contribution < 1.29 is 19.5 Å². The van der Waals surface area contributed by atoms with Crippen molar-refractivity contribution in [3.05, 3.63) is 35.4 Å². The van der Waals surface area contributed by atoms with Gasteiger partial charge in [-0.2, -0.15) is 0 Å². The molecule has 1 heterocycles. The van der Waals surface area contributed by atoms with Crippen LogP contribution >= 0.6 is 0 Å². The van der Waals surface area contributed by atoms with E-state index in [4.69, 9.17) is 5.11 Å². The summed E-state index contributed by atoms with van der Waals surface area (Å²) >= 11 is 0. The van der Waals surface area contributed by atoms with Gasteiger partial charge in [0, 0.05) is 37.7 Å². The van der Waals surface area contributed by atoms with Crippen LogP contribution in [-0.4, -0.2) is 58.9 Å². The number of rotatable bonds is 5. The van der Waals surface area contributed by atoms with Gasteiger partial charge in [0.1, 0.15) is 0 Å². The fourth-order valence-electron chi connectivity index (χ4n) is 3.09. The zero-order chi connectivity index (χ0) is 17.7. The summed E-state index contributed by atoms with van der Waals surface area (Å²) in [5, 5.41) is 9.03. The van der Waals surface area contributed by atoms with Gasteiger partial charge in [-0.1, -0.05) is 6.07 Å². The van der Waals surface area contributed by atoms with Crippen LogP contribution in [0.1, 0.15) is 47.4 Å². The van der Waals surface area contributed by atoms with E-state index in [9.17, 15) is 14.4 Å². The van der Waals surface area contributed by atoms with Crippen molar-refractivity contribution in [2.45, 2.75) is 26.7 Å². The molecule has 24 heavy (non-hydrogen) atoms. The Morgan fingerprint density at radius 3 is 2.25 bits per heavy atom. The van der Waals surface area contributed by atoms with Gasteiger partial charge in [-0.25, -0.2) is 4.79 Å². The predicted molar refractivity (Wildman–Crippen MR) is 90.0 cm³/mol. The Bertz CT molecular complexity index is 617. The summed E-state index contributed by atoms with van der Waals surface area (Å²) in [5.41, 5.74) is 0.482. The lowest BCUT2D eigenvalue weighted by molar-refractivity contribution is -0.136. The molecule has 1 aromatic rings. The molecule has 0 radical (unpaired) electrons. The third kappa shape index (κ3) is 3.93. The third-order valence-electron chi connectivity index (χ3n) is 4.56. The summed E-state index contributed by atoms with van der Waals surface area (Å²) < 4.78 is 0. The summed E-state index contributed by atoms with van der Waals surface area (Å²) in [4.78, 5) is 39.5. The molecule has 0 bridgehead atoms. The zero-order valence-corrected chi connectivity index (χ0v) is 14.2. The number of benzene rings is 1. The van der Waals surface area contributed by atoms with Crippen molar-refractivity contribution in [2.75, 3.05) is 26.2 Å². The first-order valence-corrected chi connectivity index (χ1v) is 8.39. The number of carboxylic acid groups (broad SMARTS) is 1. The molecule has 0 spiro atoms. The number of aromatic carboxylic acids is 1. The van der Waals surface area contributed by atoms with E-state index in [2.05, 4.69) is 0 Å². The number of likely N-dealkylation sites (tertiary alicyclic amines) is 1. The van der Waals surface area contributed by atoms with Crippen LogP contribution in [0.5, 0.6) is 0 Å². The molecule has 0 unspecified atom stereocenters. The van der Waals surface area contributed by atoms with Crippen molar-refractivity contribution in [1.29, 1.82) is 0 Å². The maximum atomic E-state index is 12.5. The molecule has 1 aromatic carbocycles. The molecule has 0 atom stereocenters. The van der Waals surface area contributed by atoms with Gasteiger partial charge in [-0.15, -0.1) is 0 Å². The van der Waals surface area contributed by atoms with Gasteiger partial charge in [0.05, 0.1) is 5.56 Å². The fraction of sp³-hybridized carbons (Fsp3) is 0.500. The van der Waals surface area contributed by atoms with Crippen LogP contribution in [0, 0.1) is 5.92 Å². The highest BCUT2D eigenvalue weighted by atomic mass is 16.4. The van der Waals surface area contributed by atoms with Crippen molar-refractivity contribution in [3.63, 3.8) is 0 Å². The van der Waals surface area contributed by atoms with Crippen LogP contribution in [0.3, 0.4) is 0 Å². The zero-order valence-electron chi connectivity index (χ0n) is 14.2. The molecule has 6 nitrogen and oxygen atoms in total. The minimum atomic E-state index is -1.05. The van der Waals surface area contributed by atoms with Crippen LogP contribution in [0.25, 0.3) is 0 Å². The number of nitrogens with zero attached hydrogens (tertiary/aromatic N) is 2. The van der Waals surface area contributed by atoms with Crippen LogP contribution in [0.4, 0.5) is 0 Å². The summed E-state index contributed by atoms with van der Waals surface area (Å²) in [6.45, 7) is 6.39. The van der Waals surface area contributed by atoms with E-state index in [1.54, 1.807) is 17.0 Å². The fourth-order valence-corrected chi connectivity index (χ4v) is 3.09. The minimum absolute atomic E-state index is 0.0284. The quantitative estimate of drug-likeness (QED) is 0.896. The molecule has 6 heteroatoms. The first-order chi connectivity index (χ1) is 11.5. The highest BCUT2D eigenvalue weighted by molar-refractivity contribution is 5.97. The molecule has 130 valence electrons. The Labute approximate surface area is 142 Å². The first-order valence-electron chi connectivity index (χ1n) is 8.39. The largest absolute Gasteiger partial charge is 0.478 e. The topological polar surface area (TPSA) is 77.9 Å². The van der Waals surface area contributed by atoms with Gasteiger partial charge in [-0.05, 0) is 44.9 Å². The van der Waals surface area contributed by atoms with Crippen LogP contribution in [0.15, 0.2) is 24.3 Å². The number of carboxylic acids is 1. The SMILES string of the molecule is CCN(CC)C(=O)C1CCN(C(=O)c2cccc(C(=O)O)c2)CC1. The van der Waals surface area contributed by atoms with Crippen LogP contribution < -0.4 is 0 Å². The van der Waals surface area contributed by atoms with Gasteiger partial charge in [0.15, 0.2) is 0 Å². The summed E-state index contributed by atoms with van der Waals surface area (Å²) in [5.74, 6) is -1.08. The smallest absolute Gasteiger partial charge is 0.335 e. The molecule has 0 aliphatic carbocycles. The molecule has 2 amide bonds. The Hall–Kier alpha value is -2.37. The van der Waals surface area contributed by atoms with Crippen molar-refractivity contribution in [3.8, 4) is 0 Å². The molecule has 1 fully saturated rings. The number of hydrogen-bond acceptors (Lipinski definition) is 3. The minimum Gasteiger partial charge on any atom is -0.478 e. The molecule has 0 aromatic heterocycles. The number of piperidine rings is 1. The normalized spacial score (nSPS) is 15.2. The Morgan fingerprint density at radius 2 is 1.71 bits per heavy atom. The lowest BCUT2D eigenvalue weighted by Gasteiger charge is -2.33. The van der Waals surface area contributed by atoms with Gasteiger partial charge in [0.2, 0.25) is 5.91 Å². The molecule has 0 saturated carbocycles. The summed E-state index contributed by atoms with van der Waals surface area (Å²) in [6.07, 6.45) is 1.30. The van der Waals surface area contributed by atoms with E-state index < -0.39 is 5.97 Å². The van der Waals surface area contributed by atoms with E-state index >= 15 is 0 Å². The van der Waals surface area contributed by atoms with Gasteiger partial charge in [0.25, 0.3) is 5.91 Å². The number of amides is 2. The maximum Gasteiger partial charge on any atom is 0.335 e. The lowest BCUT2D eigenvalue weighted by Crippen LogP contribution is -2.44. The van der Waals surface area contributed by atoms with E-state index in [1.807, 2.05) is 18.7 Å². The molecule has 1 saturated heterocycles. The molecular weight excluding hydrogens is 308 g/mol. The Balaban J connectivity index is 1.99. The third-order valence-corrected chi connectivity index (χ3v) is 4.56. The average molecular weight is 332 g/mol. The molecule has 2 rings (SSSR count). The second kappa shape index (κ2) is 7.95.